The number of benzene rings is 2. The molecule has 0 aliphatic heterocycles. The summed E-state index contributed by atoms with van der Waals surface area (Å²) in [7, 11) is 0. The Labute approximate surface area is 141 Å². The molecule has 126 valence electrons. The van der Waals surface area contributed by atoms with E-state index in [1.54, 1.807) is 12.1 Å². The SMILES string of the molecule is CC(C)(C)c1ccc(OCC(=O)N/N=C\c2ccc(F)cc2)cc1. The van der Waals surface area contributed by atoms with Gasteiger partial charge in [0.15, 0.2) is 6.61 Å². The minimum atomic E-state index is -0.367. The van der Waals surface area contributed by atoms with Crippen LogP contribution in [0.1, 0.15) is 31.9 Å². The van der Waals surface area contributed by atoms with Crippen LogP contribution >= 0.6 is 0 Å². The number of hydrogen-bond donors (Lipinski definition) is 1. The number of amides is 1. The average molecular weight is 328 g/mol. The molecule has 0 radical (unpaired) electrons. The third kappa shape index (κ3) is 5.50. The van der Waals surface area contributed by atoms with Gasteiger partial charge < -0.3 is 4.74 Å². The highest BCUT2D eigenvalue weighted by molar-refractivity contribution is 5.82. The summed E-state index contributed by atoms with van der Waals surface area (Å²) in [6.07, 6.45) is 1.44. The average Bonchev–Trinajstić information content (AvgIpc) is 2.54. The van der Waals surface area contributed by atoms with E-state index >= 15 is 0 Å². The van der Waals surface area contributed by atoms with Crippen LogP contribution in [0.5, 0.6) is 5.75 Å². The standard InChI is InChI=1S/C19H21FN2O2/c1-19(2,3)15-6-10-17(11-7-15)24-13-18(23)22-21-12-14-4-8-16(20)9-5-14/h4-12H,13H2,1-3H3,(H,22,23)/b21-12-. The molecule has 0 atom stereocenters. The summed E-state index contributed by atoms with van der Waals surface area (Å²) in [6.45, 7) is 6.27. The summed E-state index contributed by atoms with van der Waals surface area (Å²) in [6, 6.07) is 13.4. The second kappa shape index (κ2) is 7.73. The third-order valence-electron chi connectivity index (χ3n) is 3.36. The van der Waals surface area contributed by atoms with E-state index in [1.165, 1.54) is 23.9 Å². The van der Waals surface area contributed by atoms with Crippen LogP contribution in [0.15, 0.2) is 53.6 Å². The quantitative estimate of drug-likeness (QED) is 0.673. The Hall–Kier alpha value is -2.69. The number of hydrazone groups is 1. The lowest BCUT2D eigenvalue weighted by molar-refractivity contribution is -0.123. The number of nitrogens with one attached hydrogen (secondary N) is 1. The van der Waals surface area contributed by atoms with Gasteiger partial charge in [-0.2, -0.15) is 5.10 Å². The van der Waals surface area contributed by atoms with Gasteiger partial charge in [-0.25, -0.2) is 9.82 Å². The van der Waals surface area contributed by atoms with E-state index in [4.69, 9.17) is 4.74 Å². The van der Waals surface area contributed by atoms with E-state index < -0.39 is 0 Å². The van der Waals surface area contributed by atoms with Crippen molar-refractivity contribution < 1.29 is 13.9 Å². The van der Waals surface area contributed by atoms with Crippen molar-refractivity contribution in [2.45, 2.75) is 26.2 Å². The van der Waals surface area contributed by atoms with E-state index in [0.29, 0.717) is 11.3 Å². The fraction of sp³-hybridized carbons (Fsp3) is 0.263. The molecule has 0 aliphatic carbocycles. The smallest absolute Gasteiger partial charge is 0.277 e. The molecule has 4 nitrogen and oxygen atoms in total. The minimum absolute atomic E-state index is 0.0744. The van der Waals surface area contributed by atoms with Crippen LogP contribution in [0.25, 0.3) is 0 Å². The van der Waals surface area contributed by atoms with Crippen LogP contribution < -0.4 is 10.2 Å². The minimum Gasteiger partial charge on any atom is -0.484 e. The molecule has 2 aromatic carbocycles. The third-order valence-corrected chi connectivity index (χ3v) is 3.36. The maximum absolute atomic E-state index is 12.8. The van der Waals surface area contributed by atoms with Crippen molar-refractivity contribution in [1.82, 2.24) is 5.43 Å². The van der Waals surface area contributed by atoms with Crippen molar-refractivity contribution in [3.8, 4) is 5.75 Å². The zero-order chi connectivity index (χ0) is 17.6. The Morgan fingerprint density at radius 1 is 1.12 bits per heavy atom. The number of hydrogen-bond acceptors (Lipinski definition) is 3. The molecular formula is C19H21FN2O2. The lowest BCUT2D eigenvalue weighted by Crippen LogP contribution is -2.24. The summed E-state index contributed by atoms with van der Waals surface area (Å²) in [4.78, 5) is 11.7. The lowest BCUT2D eigenvalue weighted by atomic mass is 9.87. The Morgan fingerprint density at radius 2 is 1.75 bits per heavy atom. The monoisotopic (exact) mass is 328 g/mol. The zero-order valence-electron chi connectivity index (χ0n) is 14.0. The van der Waals surface area contributed by atoms with Gasteiger partial charge in [-0.15, -0.1) is 0 Å². The van der Waals surface area contributed by atoms with Gasteiger partial charge in [-0.1, -0.05) is 45.0 Å². The van der Waals surface area contributed by atoms with Gasteiger partial charge >= 0.3 is 0 Å². The van der Waals surface area contributed by atoms with Crippen LogP contribution in [0.3, 0.4) is 0 Å². The van der Waals surface area contributed by atoms with Gasteiger partial charge in [0, 0.05) is 0 Å². The summed E-state index contributed by atoms with van der Waals surface area (Å²) < 4.78 is 18.2. The van der Waals surface area contributed by atoms with Crippen molar-refractivity contribution in [2.24, 2.45) is 5.10 Å². The molecule has 24 heavy (non-hydrogen) atoms. The van der Waals surface area contributed by atoms with Crippen LogP contribution in [0, 0.1) is 5.82 Å². The predicted molar refractivity (Wildman–Crippen MR) is 92.8 cm³/mol. The molecule has 0 saturated carbocycles. The van der Waals surface area contributed by atoms with Crippen molar-refractivity contribution in [2.75, 3.05) is 6.61 Å². The molecule has 2 aromatic rings. The molecule has 0 heterocycles. The first-order chi connectivity index (χ1) is 11.3. The fourth-order valence-corrected chi connectivity index (χ4v) is 1.96. The van der Waals surface area contributed by atoms with Crippen LogP contribution in [-0.4, -0.2) is 18.7 Å². The Bertz CT molecular complexity index is 702. The maximum Gasteiger partial charge on any atom is 0.277 e. The van der Waals surface area contributed by atoms with Gasteiger partial charge in [-0.05, 0) is 40.8 Å². The Morgan fingerprint density at radius 3 is 2.33 bits per heavy atom. The summed E-state index contributed by atoms with van der Waals surface area (Å²) in [5.74, 6) is -0.0593. The molecule has 0 aliphatic rings. The van der Waals surface area contributed by atoms with Crippen molar-refractivity contribution in [1.29, 1.82) is 0 Å². The van der Waals surface area contributed by atoms with Gasteiger partial charge in [-0.3, -0.25) is 4.79 Å². The molecule has 0 bridgehead atoms. The molecule has 0 fully saturated rings. The normalized spacial score (nSPS) is 11.5. The number of carbonyl (C=O) groups excluding carboxylic acids is 1. The zero-order valence-corrected chi connectivity index (χ0v) is 14.0. The first-order valence-corrected chi connectivity index (χ1v) is 7.65. The highest BCUT2D eigenvalue weighted by Gasteiger charge is 2.13. The van der Waals surface area contributed by atoms with Crippen molar-refractivity contribution >= 4 is 12.1 Å². The lowest BCUT2D eigenvalue weighted by Gasteiger charge is -2.19. The predicted octanol–water partition coefficient (Wildman–Crippen LogP) is 3.65. The molecule has 2 rings (SSSR count). The number of halogens is 1. The summed E-state index contributed by atoms with van der Waals surface area (Å²) in [5.41, 5.74) is 4.33. The van der Waals surface area contributed by atoms with Crippen molar-refractivity contribution in [3.63, 3.8) is 0 Å². The summed E-state index contributed by atoms with van der Waals surface area (Å²) in [5, 5.41) is 3.80. The van der Waals surface area contributed by atoms with E-state index in [0.717, 1.165) is 0 Å². The number of carbonyl (C=O) groups is 1. The first kappa shape index (κ1) is 17.7. The van der Waals surface area contributed by atoms with E-state index in [9.17, 15) is 9.18 Å². The Kier molecular flexibility index (Phi) is 5.68. The molecule has 1 N–H and O–H groups in total. The second-order valence-electron chi connectivity index (χ2n) is 6.41. The number of rotatable bonds is 5. The van der Waals surface area contributed by atoms with Crippen LogP contribution in [0.2, 0.25) is 0 Å². The topological polar surface area (TPSA) is 50.7 Å². The number of nitrogens with zero attached hydrogens (tertiary/aromatic N) is 1. The highest BCUT2D eigenvalue weighted by atomic mass is 19.1. The molecule has 0 unspecified atom stereocenters. The molecule has 0 saturated heterocycles. The van der Waals surface area contributed by atoms with E-state index in [1.807, 2.05) is 24.3 Å². The fourth-order valence-electron chi connectivity index (χ4n) is 1.96. The summed E-state index contributed by atoms with van der Waals surface area (Å²) >= 11 is 0. The van der Waals surface area contributed by atoms with E-state index in [-0.39, 0.29) is 23.7 Å². The van der Waals surface area contributed by atoms with Crippen LogP contribution in [-0.2, 0) is 10.2 Å². The maximum atomic E-state index is 12.8. The van der Waals surface area contributed by atoms with E-state index in [2.05, 4.69) is 31.3 Å². The molecule has 5 heteroatoms. The molecule has 0 spiro atoms. The van der Waals surface area contributed by atoms with Crippen LogP contribution in [0.4, 0.5) is 4.39 Å². The molecule has 0 aromatic heterocycles. The number of ether oxygens (including phenoxy) is 1. The highest BCUT2D eigenvalue weighted by Crippen LogP contribution is 2.24. The van der Waals surface area contributed by atoms with Gasteiger partial charge in [0.2, 0.25) is 0 Å². The van der Waals surface area contributed by atoms with Gasteiger partial charge in [0.1, 0.15) is 11.6 Å². The second-order valence-corrected chi connectivity index (χ2v) is 6.41. The molecular weight excluding hydrogens is 307 g/mol. The van der Waals surface area contributed by atoms with Gasteiger partial charge in [0.05, 0.1) is 6.21 Å². The van der Waals surface area contributed by atoms with Crippen molar-refractivity contribution in [3.05, 3.63) is 65.5 Å². The molecule has 1 amide bonds. The largest absolute Gasteiger partial charge is 0.484 e. The Balaban J connectivity index is 1.79. The first-order valence-electron chi connectivity index (χ1n) is 7.65. The van der Waals surface area contributed by atoms with Gasteiger partial charge in [0.25, 0.3) is 5.91 Å².